The number of carbonyl (C=O) groups excluding carboxylic acids is 1. The Hall–Kier alpha value is -3.49. The molecule has 1 N–H and O–H groups in total. The summed E-state index contributed by atoms with van der Waals surface area (Å²) in [4.78, 5) is 17.5. The monoisotopic (exact) mass is 480 g/mol. The minimum atomic E-state index is -3.32. The fraction of sp³-hybridized carbons (Fsp3) is 0.125. The van der Waals surface area contributed by atoms with E-state index in [0.29, 0.717) is 21.9 Å². The molecule has 3 aromatic carbocycles. The lowest BCUT2D eigenvalue weighted by Crippen LogP contribution is -2.23. The van der Waals surface area contributed by atoms with Gasteiger partial charge in [-0.05, 0) is 55.0 Å². The van der Waals surface area contributed by atoms with E-state index in [-0.39, 0.29) is 17.3 Å². The molecule has 0 aliphatic heterocycles. The highest BCUT2D eigenvalue weighted by Crippen LogP contribution is 2.27. The van der Waals surface area contributed by atoms with Crippen LogP contribution in [-0.2, 0) is 21.2 Å². The molecule has 1 amide bonds. The number of benzene rings is 3. The quantitative estimate of drug-likeness (QED) is 0.330. The van der Waals surface area contributed by atoms with Crippen molar-refractivity contribution in [3.8, 4) is 11.4 Å². The molecule has 33 heavy (non-hydrogen) atoms. The Bertz CT molecular complexity index is 1460. The lowest BCUT2D eigenvalue weighted by molar-refractivity contribution is -0.121. The number of nitrogens with zero attached hydrogens (tertiary/aromatic N) is 3. The van der Waals surface area contributed by atoms with Crippen molar-refractivity contribution in [2.24, 2.45) is 5.10 Å². The van der Waals surface area contributed by atoms with Gasteiger partial charge >= 0.3 is 0 Å². The highest BCUT2D eigenvalue weighted by Gasteiger charge is 2.16. The maximum absolute atomic E-state index is 12.7. The number of aromatic nitrogens is 2. The van der Waals surface area contributed by atoms with Gasteiger partial charge in [-0.3, -0.25) is 4.79 Å². The summed E-state index contributed by atoms with van der Waals surface area (Å²) in [7, 11) is -3.32. The largest absolute Gasteiger partial charge is 0.314 e. The minimum Gasteiger partial charge on any atom is -0.314 e. The number of hydrazone groups is 1. The molecule has 1 aromatic heterocycles. The average molecular weight is 481 g/mol. The number of rotatable bonds is 6. The van der Waals surface area contributed by atoms with Crippen LogP contribution in [0.3, 0.4) is 0 Å². The van der Waals surface area contributed by atoms with E-state index >= 15 is 0 Å². The zero-order valence-electron chi connectivity index (χ0n) is 18.0. The van der Waals surface area contributed by atoms with Crippen molar-refractivity contribution in [1.29, 1.82) is 0 Å². The zero-order chi connectivity index (χ0) is 23.6. The molecule has 0 spiro atoms. The molecule has 0 saturated carbocycles. The standard InChI is InChI=1S/C24H21ClN4O3S/c1-16-3-5-17(6-4-16)14-26-28-23(30)15-29-22-12-9-19(25)13-21(22)27-24(29)18-7-10-20(11-8-18)33(2,31)32/h3-14H,15H2,1-2H3,(H,28,30)/b26-14-. The molecule has 0 fully saturated rings. The molecule has 0 bridgehead atoms. The van der Waals surface area contributed by atoms with E-state index < -0.39 is 9.84 Å². The first-order chi connectivity index (χ1) is 15.7. The van der Waals surface area contributed by atoms with Crippen molar-refractivity contribution in [3.05, 3.63) is 82.9 Å². The van der Waals surface area contributed by atoms with Gasteiger partial charge in [-0.2, -0.15) is 5.10 Å². The molecule has 4 aromatic rings. The summed E-state index contributed by atoms with van der Waals surface area (Å²) >= 11 is 6.13. The summed E-state index contributed by atoms with van der Waals surface area (Å²) < 4.78 is 25.3. The van der Waals surface area contributed by atoms with Gasteiger partial charge in [-0.25, -0.2) is 18.8 Å². The predicted molar refractivity (Wildman–Crippen MR) is 130 cm³/mol. The number of fused-ring (bicyclic) bond motifs is 1. The Labute approximate surface area is 196 Å². The van der Waals surface area contributed by atoms with E-state index in [9.17, 15) is 13.2 Å². The minimum absolute atomic E-state index is 0.0352. The van der Waals surface area contributed by atoms with Gasteiger partial charge in [0, 0.05) is 16.8 Å². The summed E-state index contributed by atoms with van der Waals surface area (Å²) in [5.41, 5.74) is 6.57. The molecule has 0 unspecified atom stereocenters. The smallest absolute Gasteiger partial charge is 0.260 e. The van der Waals surface area contributed by atoms with Gasteiger partial charge in [0.1, 0.15) is 12.4 Å². The normalized spacial score (nSPS) is 11.8. The van der Waals surface area contributed by atoms with Gasteiger partial charge in [0.15, 0.2) is 9.84 Å². The third kappa shape index (κ3) is 5.30. The van der Waals surface area contributed by atoms with Crippen LogP contribution in [-0.4, -0.2) is 36.3 Å². The van der Waals surface area contributed by atoms with E-state index in [1.165, 1.54) is 12.1 Å². The van der Waals surface area contributed by atoms with Crippen molar-refractivity contribution < 1.29 is 13.2 Å². The van der Waals surface area contributed by atoms with Crippen LogP contribution in [0.5, 0.6) is 0 Å². The third-order valence-corrected chi connectivity index (χ3v) is 6.40. The molecular weight excluding hydrogens is 460 g/mol. The molecule has 1 heterocycles. The third-order valence-electron chi connectivity index (χ3n) is 5.03. The highest BCUT2D eigenvalue weighted by atomic mass is 35.5. The van der Waals surface area contributed by atoms with Crippen molar-refractivity contribution >= 4 is 44.6 Å². The molecule has 4 rings (SSSR count). The number of nitrogens with one attached hydrogen (secondary N) is 1. The lowest BCUT2D eigenvalue weighted by Gasteiger charge is -2.09. The first kappa shape index (κ1) is 22.7. The number of aryl methyl sites for hydroxylation is 1. The van der Waals surface area contributed by atoms with Gasteiger partial charge in [0.2, 0.25) is 0 Å². The summed E-state index contributed by atoms with van der Waals surface area (Å²) in [6, 6.07) is 19.4. The molecule has 0 saturated heterocycles. The van der Waals surface area contributed by atoms with Crippen LogP contribution in [0.1, 0.15) is 11.1 Å². The molecule has 0 atom stereocenters. The van der Waals surface area contributed by atoms with Gasteiger partial charge in [-0.1, -0.05) is 41.4 Å². The summed E-state index contributed by atoms with van der Waals surface area (Å²) in [6.45, 7) is 1.96. The average Bonchev–Trinajstić information content (AvgIpc) is 3.12. The molecular formula is C24H21ClN4O3S. The Morgan fingerprint density at radius 1 is 1.09 bits per heavy atom. The molecule has 7 nitrogen and oxygen atoms in total. The van der Waals surface area contributed by atoms with E-state index in [2.05, 4.69) is 15.5 Å². The molecule has 9 heteroatoms. The van der Waals surface area contributed by atoms with Gasteiger partial charge in [-0.15, -0.1) is 0 Å². The van der Waals surface area contributed by atoms with Gasteiger partial charge < -0.3 is 4.57 Å². The van der Waals surface area contributed by atoms with E-state index in [1.54, 1.807) is 41.1 Å². The maximum Gasteiger partial charge on any atom is 0.260 e. The topological polar surface area (TPSA) is 93.4 Å². The van der Waals surface area contributed by atoms with Crippen LogP contribution in [0, 0.1) is 6.92 Å². The number of sulfone groups is 1. The highest BCUT2D eigenvalue weighted by molar-refractivity contribution is 7.90. The van der Waals surface area contributed by atoms with Gasteiger partial charge in [0.25, 0.3) is 5.91 Å². The van der Waals surface area contributed by atoms with Crippen LogP contribution < -0.4 is 5.43 Å². The van der Waals surface area contributed by atoms with Crippen molar-refractivity contribution in [2.45, 2.75) is 18.4 Å². The van der Waals surface area contributed by atoms with E-state index in [4.69, 9.17) is 11.6 Å². The molecule has 0 aliphatic carbocycles. The van der Waals surface area contributed by atoms with Crippen LogP contribution in [0.25, 0.3) is 22.4 Å². The zero-order valence-corrected chi connectivity index (χ0v) is 19.6. The van der Waals surface area contributed by atoms with Crippen molar-refractivity contribution in [2.75, 3.05) is 6.26 Å². The second kappa shape index (κ2) is 9.17. The van der Waals surface area contributed by atoms with Crippen molar-refractivity contribution in [1.82, 2.24) is 15.0 Å². The fourth-order valence-electron chi connectivity index (χ4n) is 3.34. The van der Waals surface area contributed by atoms with Gasteiger partial charge in [0.05, 0.1) is 22.1 Å². The number of hydrogen-bond donors (Lipinski definition) is 1. The number of carbonyl (C=O) groups is 1. The Kier molecular flexibility index (Phi) is 6.31. The van der Waals surface area contributed by atoms with E-state index in [1.807, 2.05) is 31.2 Å². The Morgan fingerprint density at radius 3 is 2.45 bits per heavy atom. The SMILES string of the molecule is Cc1ccc(/C=N\NC(=O)Cn2c(-c3ccc(S(C)(=O)=O)cc3)nc3cc(Cl)ccc32)cc1. The molecule has 0 aliphatic rings. The van der Waals surface area contributed by atoms with Crippen molar-refractivity contribution in [3.63, 3.8) is 0 Å². The Balaban J connectivity index is 1.63. The number of imidazole rings is 1. The van der Waals surface area contributed by atoms with E-state index in [0.717, 1.165) is 22.9 Å². The second-order valence-corrected chi connectivity index (χ2v) is 10.1. The van der Waals surface area contributed by atoms with Crippen LogP contribution >= 0.6 is 11.6 Å². The van der Waals surface area contributed by atoms with Crippen LogP contribution in [0.2, 0.25) is 5.02 Å². The second-order valence-electron chi connectivity index (χ2n) is 7.65. The number of hydrogen-bond acceptors (Lipinski definition) is 5. The Morgan fingerprint density at radius 2 is 1.79 bits per heavy atom. The summed E-state index contributed by atoms with van der Waals surface area (Å²) in [5, 5.41) is 4.57. The van der Waals surface area contributed by atoms with Crippen LogP contribution in [0.15, 0.2) is 76.7 Å². The fourth-order valence-corrected chi connectivity index (χ4v) is 4.14. The first-order valence-electron chi connectivity index (χ1n) is 10.1. The lowest BCUT2D eigenvalue weighted by atomic mass is 10.2. The van der Waals surface area contributed by atoms with Crippen LogP contribution in [0.4, 0.5) is 0 Å². The molecule has 168 valence electrons. The predicted octanol–water partition coefficient (Wildman–Crippen LogP) is 4.22. The number of halogens is 1. The summed E-state index contributed by atoms with van der Waals surface area (Å²) in [6.07, 6.45) is 2.73. The maximum atomic E-state index is 12.7. The first-order valence-corrected chi connectivity index (χ1v) is 12.3. The molecule has 0 radical (unpaired) electrons. The number of amides is 1. The summed E-state index contributed by atoms with van der Waals surface area (Å²) in [5.74, 6) is 0.187.